The first kappa shape index (κ1) is 30.7. The van der Waals surface area contributed by atoms with Crippen molar-refractivity contribution in [1.29, 1.82) is 0 Å². The van der Waals surface area contributed by atoms with Crippen LogP contribution in [0.15, 0.2) is 199 Å². The minimum atomic E-state index is 0.696. The second kappa shape index (κ2) is 12.9. The summed E-state index contributed by atoms with van der Waals surface area (Å²) in [6.07, 6.45) is 0. The lowest BCUT2D eigenvalue weighted by Gasteiger charge is -2.11. The first-order valence-corrected chi connectivity index (χ1v) is 17.9. The highest BCUT2D eigenvalue weighted by molar-refractivity contribution is 6.20. The number of furan rings is 1. The smallest absolute Gasteiger partial charge is 0.160 e. The van der Waals surface area contributed by atoms with Gasteiger partial charge in [0.1, 0.15) is 11.2 Å². The maximum absolute atomic E-state index is 6.81. The topological polar surface area (TPSA) is 38.9 Å². The standard InChI is InChI=1S/C50H32N2O/c1-4-14-33(15-5-1)38-20-12-21-39(30-38)47-32-46(51-50(52-47)37-18-8-3-9-19-37)36-28-26-35(27-29-36)40-24-13-25-43-45-31-44(34-16-6-2-7-17-34)41-22-10-11-23-42(41)49(45)53-48(40)43/h1-32H. The third-order valence-corrected chi connectivity index (χ3v) is 10.1. The molecule has 2 aromatic heterocycles. The highest BCUT2D eigenvalue weighted by Gasteiger charge is 2.18. The zero-order chi connectivity index (χ0) is 35.1. The molecule has 0 amide bonds. The van der Waals surface area contributed by atoms with E-state index in [0.717, 1.165) is 72.1 Å². The van der Waals surface area contributed by atoms with Gasteiger partial charge in [0.05, 0.1) is 11.4 Å². The summed E-state index contributed by atoms with van der Waals surface area (Å²) in [5, 5.41) is 4.52. The van der Waals surface area contributed by atoms with Gasteiger partial charge in [-0.05, 0) is 51.4 Å². The lowest BCUT2D eigenvalue weighted by Crippen LogP contribution is -1.96. The minimum absolute atomic E-state index is 0.696. The Labute approximate surface area is 307 Å². The van der Waals surface area contributed by atoms with Crippen LogP contribution >= 0.6 is 0 Å². The van der Waals surface area contributed by atoms with Gasteiger partial charge in [-0.25, -0.2) is 9.97 Å². The van der Waals surface area contributed by atoms with Crippen LogP contribution in [0, 0.1) is 0 Å². The highest BCUT2D eigenvalue weighted by atomic mass is 16.3. The Morgan fingerprint density at radius 3 is 1.53 bits per heavy atom. The Bertz CT molecular complexity index is 2910. The molecular weight excluding hydrogens is 645 g/mol. The quantitative estimate of drug-likeness (QED) is 0.176. The molecule has 0 aliphatic carbocycles. The second-order valence-corrected chi connectivity index (χ2v) is 13.3. The van der Waals surface area contributed by atoms with Gasteiger partial charge in [-0.3, -0.25) is 0 Å². The molecule has 0 saturated heterocycles. The van der Waals surface area contributed by atoms with Crippen molar-refractivity contribution in [2.24, 2.45) is 0 Å². The molecule has 0 fully saturated rings. The van der Waals surface area contributed by atoms with Crippen LogP contribution in [0.1, 0.15) is 0 Å². The SMILES string of the molecule is c1ccc(-c2cccc(-c3cc(-c4ccc(-c5cccc6c5oc5c7ccccc7c(-c7ccccc7)cc65)cc4)nc(-c4ccccc4)n3)c2)cc1. The van der Waals surface area contributed by atoms with E-state index in [9.17, 15) is 0 Å². The summed E-state index contributed by atoms with van der Waals surface area (Å²) in [5.74, 6) is 0.696. The van der Waals surface area contributed by atoms with Crippen LogP contribution in [0.5, 0.6) is 0 Å². The van der Waals surface area contributed by atoms with E-state index < -0.39 is 0 Å². The predicted molar refractivity (Wildman–Crippen MR) is 219 cm³/mol. The van der Waals surface area contributed by atoms with E-state index in [-0.39, 0.29) is 0 Å². The van der Waals surface area contributed by atoms with Crippen molar-refractivity contribution >= 4 is 32.7 Å². The first-order valence-electron chi connectivity index (χ1n) is 17.9. The molecule has 0 spiro atoms. The summed E-state index contributed by atoms with van der Waals surface area (Å²) in [6.45, 7) is 0. The molecule has 3 nitrogen and oxygen atoms in total. The number of fused-ring (bicyclic) bond motifs is 5. The van der Waals surface area contributed by atoms with E-state index in [1.54, 1.807) is 0 Å². The summed E-state index contributed by atoms with van der Waals surface area (Å²) in [4.78, 5) is 10.2. The van der Waals surface area contributed by atoms with Gasteiger partial charge in [-0.2, -0.15) is 0 Å². The van der Waals surface area contributed by atoms with Crippen LogP contribution in [0.4, 0.5) is 0 Å². The molecular formula is C50H32N2O. The molecule has 0 atom stereocenters. The number of rotatable bonds is 6. The number of para-hydroxylation sites is 1. The average Bonchev–Trinajstić information content (AvgIpc) is 3.63. The predicted octanol–water partition coefficient (Wildman–Crippen LogP) is 13.5. The zero-order valence-corrected chi connectivity index (χ0v) is 28.8. The summed E-state index contributed by atoms with van der Waals surface area (Å²) in [7, 11) is 0. The third-order valence-electron chi connectivity index (χ3n) is 10.1. The monoisotopic (exact) mass is 676 g/mol. The van der Waals surface area contributed by atoms with E-state index >= 15 is 0 Å². The lowest BCUT2D eigenvalue weighted by molar-refractivity contribution is 0.674. The largest absolute Gasteiger partial charge is 0.455 e. The van der Waals surface area contributed by atoms with Crippen LogP contribution < -0.4 is 0 Å². The fourth-order valence-electron chi connectivity index (χ4n) is 7.47. The van der Waals surface area contributed by atoms with Crippen LogP contribution in [-0.4, -0.2) is 9.97 Å². The van der Waals surface area contributed by atoms with Crippen molar-refractivity contribution in [3.05, 3.63) is 194 Å². The maximum atomic E-state index is 6.81. The van der Waals surface area contributed by atoms with Crippen LogP contribution in [-0.2, 0) is 0 Å². The number of hydrogen-bond donors (Lipinski definition) is 0. The van der Waals surface area contributed by atoms with Crippen LogP contribution in [0.25, 0.3) is 100.0 Å². The van der Waals surface area contributed by atoms with Crippen molar-refractivity contribution in [3.8, 4) is 67.3 Å². The van der Waals surface area contributed by atoms with Gasteiger partial charge >= 0.3 is 0 Å². The maximum Gasteiger partial charge on any atom is 0.160 e. The molecule has 0 aliphatic rings. The number of aromatic nitrogens is 2. The molecule has 8 aromatic carbocycles. The number of hydrogen-bond acceptors (Lipinski definition) is 3. The van der Waals surface area contributed by atoms with Crippen LogP contribution in [0.2, 0.25) is 0 Å². The van der Waals surface area contributed by atoms with Gasteiger partial charge in [0, 0.05) is 38.4 Å². The van der Waals surface area contributed by atoms with Crippen LogP contribution in [0.3, 0.4) is 0 Å². The highest BCUT2D eigenvalue weighted by Crippen LogP contribution is 2.42. The Balaban J connectivity index is 1.08. The van der Waals surface area contributed by atoms with Gasteiger partial charge in [0.15, 0.2) is 5.82 Å². The molecule has 2 heterocycles. The van der Waals surface area contributed by atoms with E-state index in [4.69, 9.17) is 14.4 Å². The Morgan fingerprint density at radius 1 is 0.283 bits per heavy atom. The molecule has 53 heavy (non-hydrogen) atoms. The summed E-state index contributed by atoms with van der Waals surface area (Å²) >= 11 is 0. The zero-order valence-electron chi connectivity index (χ0n) is 28.8. The fourth-order valence-corrected chi connectivity index (χ4v) is 7.47. The molecule has 10 rings (SSSR count). The summed E-state index contributed by atoms with van der Waals surface area (Å²) < 4.78 is 6.81. The van der Waals surface area contributed by atoms with E-state index in [0.29, 0.717) is 5.82 Å². The van der Waals surface area contributed by atoms with Gasteiger partial charge in [0.25, 0.3) is 0 Å². The van der Waals surface area contributed by atoms with Gasteiger partial charge in [-0.1, -0.05) is 176 Å². The number of benzene rings is 8. The normalized spacial score (nSPS) is 11.4. The summed E-state index contributed by atoms with van der Waals surface area (Å²) in [6, 6.07) is 67.8. The summed E-state index contributed by atoms with van der Waals surface area (Å²) in [5.41, 5.74) is 13.5. The molecule has 3 heteroatoms. The Kier molecular flexibility index (Phi) is 7.47. The molecule has 0 N–H and O–H groups in total. The Hall–Kier alpha value is -7.10. The fraction of sp³-hybridized carbons (Fsp3) is 0. The van der Waals surface area contributed by atoms with Crippen molar-refractivity contribution < 1.29 is 4.42 Å². The van der Waals surface area contributed by atoms with E-state index in [2.05, 4.69) is 170 Å². The van der Waals surface area contributed by atoms with E-state index in [1.165, 1.54) is 22.1 Å². The molecule has 10 aromatic rings. The molecule has 0 radical (unpaired) electrons. The van der Waals surface area contributed by atoms with Crippen molar-refractivity contribution in [3.63, 3.8) is 0 Å². The molecule has 0 aliphatic heterocycles. The molecule has 0 saturated carbocycles. The molecule has 0 bridgehead atoms. The van der Waals surface area contributed by atoms with Crippen molar-refractivity contribution in [1.82, 2.24) is 9.97 Å². The lowest BCUT2D eigenvalue weighted by atomic mass is 9.95. The molecule has 0 unspecified atom stereocenters. The average molecular weight is 677 g/mol. The van der Waals surface area contributed by atoms with Gasteiger partial charge in [0.2, 0.25) is 0 Å². The van der Waals surface area contributed by atoms with E-state index in [1.807, 2.05) is 24.3 Å². The second-order valence-electron chi connectivity index (χ2n) is 13.3. The third kappa shape index (κ3) is 5.56. The van der Waals surface area contributed by atoms with Gasteiger partial charge in [-0.15, -0.1) is 0 Å². The first-order chi connectivity index (χ1) is 26.3. The number of nitrogens with zero attached hydrogens (tertiary/aromatic N) is 2. The molecule has 248 valence electrons. The van der Waals surface area contributed by atoms with Crippen molar-refractivity contribution in [2.75, 3.05) is 0 Å². The Morgan fingerprint density at radius 2 is 0.792 bits per heavy atom. The van der Waals surface area contributed by atoms with Gasteiger partial charge < -0.3 is 4.42 Å². The van der Waals surface area contributed by atoms with Crippen molar-refractivity contribution in [2.45, 2.75) is 0 Å². The minimum Gasteiger partial charge on any atom is -0.455 e.